The van der Waals surface area contributed by atoms with Crippen molar-refractivity contribution in [1.82, 2.24) is 0 Å². The molecule has 5 nitrogen and oxygen atoms in total. The fourth-order valence-electron chi connectivity index (χ4n) is 2.67. The number of carboxylic acid groups (broad SMARTS) is 1. The normalized spacial score (nSPS) is 15.7. The van der Waals surface area contributed by atoms with E-state index in [4.69, 9.17) is 0 Å². The molecule has 26 heavy (non-hydrogen) atoms. The average Bonchev–Trinajstić information content (AvgIpc) is 2.67. The van der Waals surface area contributed by atoms with Crippen LogP contribution in [0.2, 0.25) is 0 Å². The molecule has 0 spiro atoms. The molecule has 0 bridgehead atoms. The molecule has 0 aliphatic heterocycles. The highest BCUT2D eigenvalue weighted by molar-refractivity contribution is 7.87. The Balaban J connectivity index is 2.37. The summed E-state index contributed by atoms with van der Waals surface area (Å²) in [7, 11) is -5.76. The molecule has 0 heterocycles. The van der Waals surface area contributed by atoms with Gasteiger partial charge in [0.25, 0.3) is 0 Å². The largest absolute Gasteiger partial charge is 0.550 e. The van der Waals surface area contributed by atoms with Crippen molar-refractivity contribution in [2.75, 3.05) is 0 Å². The Bertz CT molecular complexity index is 838. The molecule has 0 N–H and O–H groups in total. The predicted molar refractivity (Wildman–Crippen MR) is 85.9 cm³/mol. The van der Waals surface area contributed by atoms with E-state index in [-0.39, 0.29) is 17.7 Å². The third-order valence-electron chi connectivity index (χ3n) is 4.10. The zero-order valence-electron chi connectivity index (χ0n) is 14.2. The summed E-state index contributed by atoms with van der Waals surface area (Å²) in [6, 6.07) is 4.67. The van der Waals surface area contributed by atoms with Crippen LogP contribution in [0.25, 0.3) is 5.76 Å². The third kappa shape index (κ3) is 4.38. The van der Waals surface area contributed by atoms with E-state index in [1.807, 2.05) is 0 Å². The van der Waals surface area contributed by atoms with E-state index in [2.05, 4.69) is 4.18 Å². The van der Waals surface area contributed by atoms with Gasteiger partial charge in [0.15, 0.2) is 0 Å². The molecule has 0 aromatic heterocycles. The van der Waals surface area contributed by atoms with Gasteiger partial charge in [0.2, 0.25) is 0 Å². The molecule has 1 aliphatic rings. The summed E-state index contributed by atoms with van der Waals surface area (Å²) < 4.78 is 64.7. The third-order valence-corrected chi connectivity index (χ3v) is 5.06. The minimum atomic E-state index is -5.76. The standard InChI is InChI=1S/C17H19F3O5S/c1-16(2,15(21)22)10-11-7-8-13-12(9-11)5-3-4-6-14(13)25-26(23,24)17(18,19)20/h6-9H,3-5,10H2,1-2H3,(H,21,22)/p-1. The maximum absolute atomic E-state index is 12.6. The molecule has 9 heteroatoms. The van der Waals surface area contributed by atoms with Crippen molar-refractivity contribution >= 4 is 21.8 Å². The van der Waals surface area contributed by atoms with E-state index in [1.54, 1.807) is 12.1 Å². The molecule has 0 saturated heterocycles. The zero-order valence-corrected chi connectivity index (χ0v) is 15.0. The van der Waals surface area contributed by atoms with E-state index in [0.29, 0.717) is 30.4 Å². The number of allylic oxidation sites excluding steroid dienone is 1. The molecule has 2 rings (SSSR count). The number of carbonyl (C=O) groups excluding carboxylic acids is 1. The number of hydrogen-bond donors (Lipinski definition) is 0. The molecule has 1 aromatic rings. The number of halogens is 3. The van der Waals surface area contributed by atoms with E-state index < -0.39 is 27.0 Å². The molecule has 144 valence electrons. The topological polar surface area (TPSA) is 83.5 Å². The lowest BCUT2D eigenvalue weighted by Crippen LogP contribution is -2.39. The van der Waals surface area contributed by atoms with Crippen molar-refractivity contribution in [3.05, 3.63) is 41.0 Å². The smallest absolute Gasteiger partial charge is 0.534 e. The number of carbonyl (C=O) groups is 1. The van der Waals surface area contributed by atoms with Gasteiger partial charge in [0, 0.05) is 16.9 Å². The van der Waals surface area contributed by atoms with Gasteiger partial charge < -0.3 is 14.1 Å². The molecule has 0 fully saturated rings. The van der Waals surface area contributed by atoms with Crippen LogP contribution in [0, 0.1) is 5.41 Å². The number of hydrogen-bond acceptors (Lipinski definition) is 5. The number of aliphatic carboxylic acids is 1. The van der Waals surface area contributed by atoms with Crippen molar-refractivity contribution in [1.29, 1.82) is 0 Å². The van der Waals surface area contributed by atoms with Gasteiger partial charge in [-0.3, -0.25) is 0 Å². The molecule has 1 aliphatic carbocycles. The van der Waals surface area contributed by atoms with Gasteiger partial charge in [-0.2, -0.15) is 21.6 Å². The Morgan fingerprint density at radius 2 is 1.92 bits per heavy atom. The Kier molecular flexibility index (Phi) is 5.41. The van der Waals surface area contributed by atoms with Crippen LogP contribution in [-0.4, -0.2) is 19.9 Å². The summed E-state index contributed by atoms with van der Waals surface area (Å²) in [5.41, 5.74) is -5.10. The number of carboxylic acids is 1. The number of rotatable bonds is 5. The van der Waals surface area contributed by atoms with Gasteiger partial charge in [-0.1, -0.05) is 32.0 Å². The number of fused-ring (bicyclic) bond motifs is 1. The Hall–Kier alpha value is -2.03. The molecular weight excluding hydrogens is 373 g/mol. The molecule has 0 amide bonds. The lowest BCUT2D eigenvalue weighted by Gasteiger charge is -2.26. The predicted octanol–water partition coefficient (Wildman–Crippen LogP) is 2.55. The number of benzene rings is 1. The number of aryl methyl sites for hydroxylation is 1. The molecule has 0 atom stereocenters. The molecule has 1 aromatic carbocycles. The highest BCUT2D eigenvalue weighted by Crippen LogP contribution is 2.34. The van der Waals surface area contributed by atoms with E-state index >= 15 is 0 Å². The van der Waals surface area contributed by atoms with E-state index in [9.17, 15) is 31.5 Å². The lowest BCUT2D eigenvalue weighted by molar-refractivity contribution is -0.317. The zero-order chi connectivity index (χ0) is 19.8. The second-order valence-electron chi connectivity index (χ2n) is 6.78. The fourth-order valence-corrected chi connectivity index (χ4v) is 3.16. The van der Waals surface area contributed by atoms with Crippen molar-refractivity contribution < 1.29 is 35.7 Å². The summed E-state index contributed by atoms with van der Waals surface area (Å²) in [4.78, 5) is 11.2. The molecular formula is C17H18F3O5S-. The van der Waals surface area contributed by atoms with Crippen LogP contribution in [0.1, 0.15) is 43.4 Å². The average molecular weight is 391 g/mol. The van der Waals surface area contributed by atoms with Gasteiger partial charge in [-0.15, -0.1) is 0 Å². The van der Waals surface area contributed by atoms with Crippen LogP contribution < -0.4 is 5.11 Å². The van der Waals surface area contributed by atoms with Gasteiger partial charge in [-0.25, -0.2) is 0 Å². The van der Waals surface area contributed by atoms with Crippen LogP contribution in [0.3, 0.4) is 0 Å². The summed E-state index contributed by atoms with van der Waals surface area (Å²) >= 11 is 0. The lowest BCUT2D eigenvalue weighted by atomic mass is 9.85. The van der Waals surface area contributed by atoms with Crippen molar-refractivity contribution in [2.24, 2.45) is 5.41 Å². The Morgan fingerprint density at radius 1 is 1.27 bits per heavy atom. The SMILES string of the molecule is CC(C)(Cc1ccc2c(c1)CCCC=C2OS(=O)(=O)C(F)(F)F)C(=O)[O-]. The van der Waals surface area contributed by atoms with Crippen molar-refractivity contribution in [3.63, 3.8) is 0 Å². The van der Waals surface area contributed by atoms with E-state index in [1.165, 1.54) is 26.0 Å². The van der Waals surface area contributed by atoms with Crippen LogP contribution in [0.5, 0.6) is 0 Å². The maximum Gasteiger partial charge on any atom is 0.534 e. The Morgan fingerprint density at radius 3 is 2.50 bits per heavy atom. The maximum atomic E-state index is 12.6. The first-order valence-electron chi connectivity index (χ1n) is 7.88. The molecule has 0 unspecified atom stereocenters. The quantitative estimate of drug-likeness (QED) is 0.569. The highest BCUT2D eigenvalue weighted by Gasteiger charge is 2.49. The highest BCUT2D eigenvalue weighted by atomic mass is 32.2. The first-order valence-corrected chi connectivity index (χ1v) is 9.29. The van der Waals surface area contributed by atoms with Crippen LogP contribution in [0.4, 0.5) is 13.2 Å². The van der Waals surface area contributed by atoms with E-state index in [0.717, 1.165) is 0 Å². The fraction of sp³-hybridized carbons (Fsp3) is 0.471. The van der Waals surface area contributed by atoms with Crippen LogP contribution in [0.15, 0.2) is 24.3 Å². The van der Waals surface area contributed by atoms with Gasteiger partial charge >= 0.3 is 15.6 Å². The second kappa shape index (κ2) is 6.94. The molecule has 0 radical (unpaired) electrons. The summed E-state index contributed by atoms with van der Waals surface area (Å²) in [6.45, 7) is 3.02. The summed E-state index contributed by atoms with van der Waals surface area (Å²) in [6.07, 6.45) is 2.95. The molecule has 0 saturated carbocycles. The van der Waals surface area contributed by atoms with Crippen molar-refractivity contribution in [3.8, 4) is 0 Å². The minimum absolute atomic E-state index is 0.170. The van der Waals surface area contributed by atoms with Gasteiger partial charge in [0.05, 0.1) is 0 Å². The van der Waals surface area contributed by atoms with Gasteiger partial charge in [0.1, 0.15) is 5.76 Å². The minimum Gasteiger partial charge on any atom is -0.550 e. The second-order valence-corrected chi connectivity index (χ2v) is 8.32. The van der Waals surface area contributed by atoms with Crippen LogP contribution in [-0.2, 0) is 31.9 Å². The van der Waals surface area contributed by atoms with Crippen LogP contribution >= 0.6 is 0 Å². The van der Waals surface area contributed by atoms with Gasteiger partial charge in [-0.05, 0) is 42.9 Å². The first kappa shape index (κ1) is 20.3. The van der Waals surface area contributed by atoms with Crippen molar-refractivity contribution in [2.45, 2.75) is 45.0 Å². The first-order chi connectivity index (χ1) is 11.8. The summed E-state index contributed by atoms with van der Waals surface area (Å²) in [5.74, 6) is -1.58. The monoisotopic (exact) mass is 391 g/mol. The number of alkyl halides is 3. The summed E-state index contributed by atoms with van der Waals surface area (Å²) in [5, 5.41) is 11.2. The Labute approximate surface area is 149 Å².